The van der Waals surface area contributed by atoms with Crippen molar-refractivity contribution in [1.29, 1.82) is 0 Å². The van der Waals surface area contributed by atoms with Gasteiger partial charge in [0.25, 0.3) is 0 Å². The van der Waals surface area contributed by atoms with Gasteiger partial charge in [-0.05, 0) is 48.5 Å². The van der Waals surface area contributed by atoms with Crippen LogP contribution in [0.1, 0.15) is 5.76 Å². The van der Waals surface area contributed by atoms with E-state index in [9.17, 15) is 4.79 Å². The lowest BCUT2D eigenvalue weighted by atomic mass is 10.3. The third kappa shape index (κ3) is 4.31. The average Bonchev–Trinajstić information content (AvgIpc) is 3.43. The molecule has 3 heterocycles. The van der Waals surface area contributed by atoms with Gasteiger partial charge >= 0.3 is 0 Å². The summed E-state index contributed by atoms with van der Waals surface area (Å²) in [6.45, 7) is 0. The number of amides is 1. The molecule has 0 aliphatic heterocycles. The van der Waals surface area contributed by atoms with Gasteiger partial charge in [-0.3, -0.25) is 9.36 Å². The zero-order chi connectivity index (χ0) is 19.2. The maximum atomic E-state index is 11.9. The Morgan fingerprint density at radius 3 is 2.68 bits per heavy atom. The van der Waals surface area contributed by atoms with E-state index in [1.807, 2.05) is 0 Å². The number of rotatable bonds is 6. The van der Waals surface area contributed by atoms with E-state index in [-0.39, 0.29) is 5.91 Å². The Hall–Kier alpha value is -4.20. The molecule has 3 aromatic heterocycles. The van der Waals surface area contributed by atoms with Crippen LogP contribution in [0, 0.1) is 0 Å². The first-order valence-corrected chi connectivity index (χ1v) is 8.39. The van der Waals surface area contributed by atoms with Gasteiger partial charge in [-0.1, -0.05) is 0 Å². The third-order valence-electron chi connectivity index (χ3n) is 3.68. The number of anilines is 1. The Bertz CT molecular complexity index is 1050. The standard InChI is InChI=1S/C20H15N5O3/c26-19(9-7-16-2-1-13-27-16)22-15-3-5-17(6-4-15)28-20-10-8-18(23-24-20)25-12-11-21-14-25/h1-14H,(H,22,26)/b9-7+. The molecular weight excluding hydrogens is 358 g/mol. The van der Waals surface area contributed by atoms with Gasteiger partial charge in [-0.15, -0.1) is 10.2 Å². The number of hydrogen-bond donors (Lipinski definition) is 1. The number of carbonyl (C=O) groups is 1. The Morgan fingerprint density at radius 2 is 2.00 bits per heavy atom. The van der Waals surface area contributed by atoms with Gasteiger partial charge in [0.05, 0.1) is 6.26 Å². The molecule has 0 saturated carbocycles. The molecule has 0 bridgehead atoms. The van der Waals surface area contributed by atoms with Crippen molar-refractivity contribution < 1.29 is 13.9 Å². The predicted octanol–water partition coefficient (Wildman–Crippen LogP) is 3.70. The third-order valence-corrected chi connectivity index (χ3v) is 3.68. The minimum absolute atomic E-state index is 0.258. The Labute approximate surface area is 160 Å². The van der Waals surface area contributed by atoms with Crippen molar-refractivity contribution in [3.05, 3.63) is 85.4 Å². The van der Waals surface area contributed by atoms with Gasteiger partial charge in [0.1, 0.15) is 17.8 Å². The number of hydrogen-bond acceptors (Lipinski definition) is 6. The second-order valence-electron chi connectivity index (χ2n) is 5.66. The van der Waals surface area contributed by atoms with Gasteiger partial charge in [0.2, 0.25) is 11.8 Å². The largest absolute Gasteiger partial charge is 0.465 e. The molecule has 8 heteroatoms. The first-order chi connectivity index (χ1) is 13.8. The number of benzene rings is 1. The van der Waals surface area contributed by atoms with Crippen molar-refractivity contribution in [3.8, 4) is 17.4 Å². The molecule has 138 valence electrons. The molecule has 0 radical (unpaired) electrons. The van der Waals surface area contributed by atoms with Crippen LogP contribution in [0.3, 0.4) is 0 Å². The van der Waals surface area contributed by atoms with Crippen molar-refractivity contribution in [1.82, 2.24) is 19.7 Å². The van der Waals surface area contributed by atoms with Gasteiger partial charge < -0.3 is 14.5 Å². The average molecular weight is 373 g/mol. The van der Waals surface area contributed by atoms with E-state index < -0.39 is 0 Å². The van der Waals surface area contributed by atoms with Crippen LogP contribution < -0.4 is 10.1 Å². The normalized spacial score (nSPS) is 10.9. The molecule has 1 amide bonds. The summed E-state index contributed by atoms with van der Waals surface area (Å²) in [5.74, 6) is 1.94. The van der Waals surface area contributed by atoms with E-state index in [4.69, 9.17) is 9.15 Å². The summed E-state index contributed by atoms with van der Waals surface area (Å²) in [7, 11) is 0. The predicted molar refractivity (Wildman–Crippen MR) is 102 cm³/mol. The lowest BCUT2D eigenvalue weighted by molar-refractivity contribution is -0.111. The molecule has 0 atom stereocenters. The van der Waals surface area contributed by atoms with Crippen LogP contribution in [0.5, 0.6) is 11.6 Å². The fourth-order valence-corrected chi connectivity index (χ4v) is 2.35. The maximum absolute atomic E-state index is 11.9. The highest BCUT2D eigenvalue weighted by Crippen LogP contribution is 2.21. The highest BCUT2D eigenvalue weighted by Gasteiger charge is 2.04. The summed E-state index contributed by atoms with van der Waals surface area (Å²) in [4.78, 5) is 15.9. The monoisotopic (exact) mass is 373 g/mol. The molecule has 0 spiro atoms. The number of carbonyl (C=O) groups excluding carboxylic acids is 1. The fourth-order valence-electron chi connectivity index (χ4n) is 2.35. The van der Waals surface area contributed by atoms with Crippen molar-refractivity contribution in [2.45, 2.75) is 0 Å². The molecule has 8 nitrogen and oxygen atoms in total. The molecule has 0 unspecified atom stereocenters. The van der Waals surface area contributed by atoms with Gasteiger partial charge in [-0.2, -0.15) is 0 Å². The summed E-state index contributed by atoms with van der Waals surface area (Å²) in [6.07, 6.45) is 9.63. The number of nitrogens with one attached hydrogen (secondary N) is 1. The lowest BCUT2D eigenvalue weighted by Crippen LogP contribution is -2.07. The van der Waals surface area contributed by atoms with Crippen molar-refractivity contribution in [2.75, 3.05) is 5.32 Å². The zero-order valence-electron chi connectivity index (χ0n) is 14.6. The molecular formula is C20H15N5O3. The molecule has 0 saturated heterocycles. The SMILES string of the molecule is O=C(/C=C/c1ccco1)Nc1ccc(Oc2ccc(-n3ccnc3)nn2)cc1. The van der Waals surface area contributed by atoms with Crippen molar-refractivity contribution >= 4 is 17.7 Å². The molecule has 4 rings (SSSR count). The topological polar surface area (TPSA) is 95.1 Å². The Kier molecular flexibility index (Phi) is 4.92. The molecule has 0 aliphatic rings. The summed E-state index contributed by atoms with van der Waals surface area (Å²) in [6, 6.07) is 14.0. The van der Waals surface area contributed by atoms with Gasteiger partial charge in [-0.25, -0.2) is 4.98 Å². The molecule has 4 aromatic rings. The van der Waals surface area contributed by atoms with Crippen LogP contribution in [0.4, 0.5) is 5.69 Å². The van der Waals surface area contributed by atoms with Gasteiger partial charge in [0, 0.05) is 30.2 Å². The summed E-state index contributed by atoms with van der Waals surface area (Å²) >= 11 is 0. The molecule has 1 aromatic carbocycles. The fraction of sp³-hybridized carbons (Fsp3) is 0. The van der Waals surface area contributed by atoms with Gasteiger partial charge in [0.15, 0.2) is 5.82 Å². The maximum Gasteiger partial charge on any atom is 0.248 e. The van der Waals surface area contributed by atoms with E-state index in [2.05, 4.69) is 20.5 Å². The lowest BCUT2D eigenvalue weighted by Gasteiger charge is -2.07. The molecule has 0 aliphatic carbocycles. The van der Waals surface area contributed by atoms with Crippen LogP contribution in [-0.2, 0) is 4.79 Å². The summed E-state index contributed by atoms with van der Waals surface area (Å²) in [5, 5.41) is 10.9. The Balaban J connectivity index is 1.34. The summed E-state index contributed by atoms with van der Waals surface area (Å²) < 4.78 is 12.6. The van der Waals surface area contributed by atoms with Crippen molar-refractivity contribution in [2.24, 2.45) is 0 Å². The number of furan rings is 1. The smallest absolute Gasteiger partial charge is 0.248 e. The van der Waals surface area contributed by atoms with Crippen LogP contribution in [0.15, 0.2) is 84.0 Å². The van der Waals surface area contributed by atoms with E-state index in [1.54, 1.807) is 84.2 Å². The number of nitrogens with zero attached hydrogens (tertiary/aromatic N) is 4. The zero-order valence-corrected chi connectivity index (χ0v) is 14.6. The van der Waals surface area contributed by atoms with E-state index in [0.29, 0.717) is 28.9 Å². The van der Waals surface area contributed by atoms with E-state index in [0.717, 1.165) is 0 Å². The number of ether oxygens (including phenoxy) is 1. The van der Waals surface area contributed by atoms with Crippen LogP contribution in [0.25, 0.3) is 11.9 Å². The van der Waals surface area contributed by atoms with Crippen LogP contribution >= 0.6 is 0 Å². The molecule has 28 heavy (non-hydrogen) atoms. The number of imidazole rings is 1. The Morgan fingerprint density at radius 1 is 1.11 bits per heavy atom. The summed E-state index contributed by atoms with van der Waals surface area (Å²) in [5.41, 5.74) is 0.642. The highest BCUT2D eigenvalue weighted by molar-refractivity contribution is 6.01. The van der Waals surface area contributed by atoms with E-state index in [1.165, 1.54) is 6.08 Å². The molecule has 1 N–H and O–H groups in total. The first-order valence-electron chi connectivity index (χ1n) is 8.39. The first kappa shape index (κ1) is 17.2. The minimum atomic E-state index is -0.258. The number of aromatic nitrogens is 4. The second kappa shape index (κ2) is 8.00. The van der Waals surface area contributed by atoms with Crippen LogP contribution in [0.2, 0.25) is 0 Å². The minimum Gasteiger partial charge on any atom is -0.465 e. The highest BCUT2D eigenvalue weighted by atomic mass is 16.5. The quantitative estimate of drug-likeness (QED) is 0.518. The van der Waals surface area contributed by atoms with Crippen LogP contribution in [-0.4, -0.2) is 25.7 Å². The van der Waals surface area contributed by atoms with E-state index >= 15 is 0 Å². The molecule has 0 fully saturated rings. The second-order valence-corrected chi connectivity index (χ2v) is 5.66. The van der Waals surface area contributed by atoms with Crippen molar-refractivity contribution in [3.63, 3.8) is 0 Å².